The lowest BCUT2D eigenvalue weighted by Gasteiger charge is -2.31. The Hall–Kier alpha value is -0.240. The van der Waals surface area contributed by atoms with Crippen molar-refractivity contribution < 1.29 is 0 Å². The molecule has 1 atom stereocenters. The van der Waals surface area contributed by atoms with Crippen LogP contribution in [0.3, 0.4) is 0 Å². The van der Waals surface area contributed by atoms with Gasteiger partial charge in [0.05, 0.1) is 0 Å². The summed E-state index contributed by atoms with van der Waals surface area (Å²) >= 11 is 12.8. The number of rotatable bonds is 6. The van der Waals surface area contributed by atoms with Crippen LogP contribution in [-0.4, -0.2) is 12.1 Å². The zero-order chi connectivity index (χ0) is 15.3. The lowest BCUT2D eigenvalue weighted by molar-refractivity contribution is 0.335. The van der Waals surface area contributed by atoms with Crippen LogP contribution < -0.4 is 5.32 Å². The highest BCUT2D eigenvalue weighted by Crippen LogP contribution is 2.38. The van der Waals surface area contributed by atoms with E-state index in [1.807, 2.05) is 18.2 Å². The average Bonchev–Trinajstić information content (AvgIpc) is 2.35. The van der Waals surface area contributed by atoms with Crippen LogP contribution in [0.4, 0.5) is 0 Å². The summed E-state index contributed by atoms with van der Waals surface area (Å²) < 4.78 is 0. The zero-order valence-electron chi connectivity index (χ0n) is 13.3. The summed E-state index contributed by atoms with van der Waals surface area (Å²) in [6, 6.07) is 5.79. The fourth-order valence-electron chi connectivity index (χ4n) is 2.64. The van der Waals surface area contributed by atoms with Gasteiger partial charge in [0.25, 0.3) is 0 Å². The fraction of sp³-hybridized carbons (Fsp3) is 0.647. The average molecular weight is 316 g/mol. The Morgan fingerprint density at radius 2 is 1.55 bits per heavy atom. The normalized spacial score (nSPS) is 13.8. The van der Waals surface area contributed by atoms with Gasteiger partial charge < -0.3 is 5.32 Å². The second-order valence-electron chi connectivity index (χ2n) is 6.45. The van der Waals surface area contributed by atoms with E-state index in [0.717, 1.165) is 35.0 Å². The Morgan fingerprint density at radius 3 is 1.95 bits per heavy atom. The van der Waals surface area contributed by atoms with E-state index < -0.39 is 0 Å². The van der Waals surface area contributed by atoms with Gasteiger partial charge in [0, 0.05) is 28.0 Å². The third-order valence-corrected chi connectivity index (χ3v) is 4.50. The summed E-state index contributed by atoms with van der Waals surface area (Å²) in [6.07, 6.45) is 2.27. The predicted octanol–water partition coefficient (Wildman–Crippen LogP) is 5.90. The van der Waals surface area contributed by atoms with Gasteiger partial charge in [-0.2, -0.15) is 0 Å². The van der Waals surface area contributed by atoms with Gasteiger partial charge >= 0.3 is 0 Å². The molecule has 1 aromatic carbocycles. The lowest BCUT2D eigenvalue weighted by atomic mass is 9.82. The van der Waals surface area contributed by atoms with Crippen molar-refractivity contribution >= 4 is 23.2 Å². The summed E-state index contributed by atoms with van der Waals surface area (Å²) in [6.45, 7) is 11.9. The minimum Gasteiger partial charge on any atom is -0.311 e. The first kappa shape index (κ1) is 17.8. The van der Waals surface area contributed by atoms with Crippen molar-refractivity contribution in [2.45, 2.75) is 58.9 Å². The number of halogens is 2. The van der Waals surface area contributed by atoms with Crippen molar-refractivity contribution in [2.75, 3.05) is 6.54 Å². The van der Waals surface area contributed by atoms with Crippen molar-refractivity contribution in [1.29, 1.82) is 0 Å². The monoisotopic (exact) mass is 315 g/mol. The molecule has 0 amide bonds. The van der Waals surface area contributed by atoms with Crippen molar-refractivity contribution in [1.82, 2.24) is 5.32 Å². The molecule has 0 aliphatic heterocycles. The van der Waals surface area contributed by atoms with Gasteiger partial charge in [-0.05, 0) is 44.4 Å². The maximum Gasteiger partial charge on any atom is 0.0456 e. The summed E-state index contributed by atoms with van der Waals surface area (Å²) in [7, 11) is 0. The summed E-state index contributed by atoms with van der Waals surface area (Å²) in [5, 5.41) is 5.17. The highest BCUT2D eigenvalue weighted by Gasteiger charge is 2.26. The highest BCUT2D eigenvalue weighted by atomic mass is 35.5. The van der Waals surface area contributed by atoms with Gasteiger partial charge in [-0.15, -0.1) is 0 Å². The van der Waals surface area contributed by atoms with Crippen LogP contribution in [0.15, 0.2) is 18.2 Å². The molecule has 1 rings (SSSR count). The molecule has 20 heavy (non-hydrogen) atoms. The van der Waals surface area contributed by atoms with Gasteiger partial charge in [-0.25, -0.2) is 0 Å². The molecule has 1 N–H and O–H groups in total. The van der Waals surface area contributed by atoms with E-state index >= 15 is 0 Å². The number of nitrogens with one attached hydrogen (secondary N) is 1. The molecule has 0 saturated carbocycles. The molecule has 0 fully saturated rings. The van der Waals surface area contributed by atoms with Crippen LogP contribution in [0.25, 0.3) is 0 Å². The highest BCUT2D eigenvalue weighted by molar-refractivity contribution is 6.36. The Morgan fingerprint density at radius 1 is 1.05 bits per heavy atom. The Bertz CT molecular complexity index is 399. The van der Waals surface area contributed by atoms with Gasteiger partial charge in [-0.1, -0.05) is 56.0 Å². The maximum absolute atomic E-state index is 6.42. The van der Waals surface area contributed by atoms with E-state index in [2.05, 4.69) is 39.9 Å². The molecular formula is C17H27Cl2N. The van der Waals surface area contributed by atoms with Crippen LogP contribution in [0.5, 0.6) is 0 Å². The molecule has 0 aliphatic carbocycles. The van der Waals surface area contributed by atoms with E-state index in [1.54, 1.807) is 0 Å². The standard InChI is InChI=1S/C17H27Cl2N/c1-6-12(7-2)13(11-20-17(3,4)5)16-14(18)9-8-10-15(16)19/h8-10,12-13,20H,6-7,11H2,1-5H3. The van der Waals surface area contributed by atoms with Gasteiger partial charge in [0.1, 0.15) is 0 Å². The van der Waals surface area contributed by atoms with Crippen LogP contribution in [0.2, 0.25) is 10.0 Å². The lowest BCUT2D eigenvalue weighted by Crippen LogP contribution is -2.40. The molecule has 0 saturated heterocycles. The predicted molar refractivity (Wildman–Crippen MR) is 91.0 cm³/mol. The summed E-state index contributed by atoms with van der Waals surface area (Å²) in [5.74, 6) is 0.938. The Labute approximate surface area is 134 Å². The van der Waals surface area contributed by atoms with E-state index in [9.17, 15) is 0 Å². The van der Waals surface area contributed by atoms with Crippen molar-refractivity contribution in [2.24, 2.45) is 5.92 Å². The first-order valence-corrected chi connectivity index (χ1v) is 8.24. The SMILES string of the molecule is CCC(CC)C(CNC(C)(C)C)c1c(Cl)cccc1Cl. The molecule has 1 aromatic rings. The molecule has 0 bridgehead atoms. The topological polar surface area (TPSA) is 12.0 Å². The second-order valence-corrected chi connectivity index (χ2v) is 7.26. The minimum atomic E-state index is 0.0953. The molecular weight excluding hydrogens is 289 g/mol. The molecule has 114 valence electrons. The molecule has 0 heterocycles. The van der Waals surface area contributed by atoms with Crippen molar-refractivity contribution in [3.05, 3.63) is 33.8 Å². The first-order chi connectivity index (χ1) is 9.30. The molecule has 3 heteroatoms. The quantitative estimate of drug-likeness (QED) is 0.689. The number of benzene rings is 1. The smallest absolute Gasteiger partial charge is 0.0456 e. The molecule has 0 spiro atoms. The molecule has 0 aliphatic rings. The van der Waals surface area contributed by atoms with E-state index in [4.69, 9.17) is 23.2 Å². The number of hydrogen-bond donors (Lipinski definition) is 1. The first-order valence-electron chi connectivity index (χ1n) is 7.49. The summed E-state index contributed by atoms with van der Waals surface area (Å²) in [5.41, 5.74) is 1.19. The number of hydrogen-bond acceptors (Lipinski definition) is 1. The van der Waals surface area contributed by atoms with Crippen molar-refractivity contribution in [3.8, 4) is 0 Å². The van der Waals surface area contributed by atoms with Gasteiger partial charge in [0.15, 0.2) is 0 Å². The summed E-state index contributed by atoms with van der Waals surface area (Å²) in [4.78, 5) is 0. The van der Waals surface area contributed by atoms with Gasteiger partial charge in [0.2, 0.25) is 0 Å². The largest absolute Gasteiger partial charge is 0.311 e. The van der Waals surface area contributed by atoms with Crippen LogP contribution in [0, 0.1) is 5.92 Å². The third-order valence-electron chi connectivity index (χ3n) is 3.84. The molecule has 0 radical (unpaired) electrons. The molecule has 0 aromatic heterocycles. The second kappa shape index (κ2) is 7.68. The zero-order valence-corrected chi connectivity index (χ0v) is 14.8. The van der Waals surface area contributed by atoms with Crippen LogP contribution >= 0.6 is 23.2 Å². The fourth-order valence-corrected chi connectivity index (χ4v) is 3.32. The van der Waals surface area contributed by atoms with E-state index in [-0.39, 0.29) is 5.54 Å². The van der Waals surface area contributed by atoms with Gasteiger partial charge in [-0.3, -0.25) is 0 Å². The Balaban J connectivity index is 3.09. The van der Waals surface area contributed by atoms with E-state index in [0.29, 0.717) is 11.8 Å². The molecule has 1 unspecified atom stereocenters. The van der Waals surface area contributed by atoms with Crippen LogP contribution in [-0.2, 0) is 0 Å². The minimum absolute atomic E-state index is 0.0953. The molecule has 1 nitrogen and oxygen atoms in total. The maximum atomic E-state index is 6.42. The van der Waals surface area contributed by atoms with Crippen molar-refractivity contribution in [3.63, 3.8) is 0 Å². The third kappa shape index (κ3) is 4.95. The Kier molecular flexibility index (Phi) is 6.84. The van der Waals surface area contributed by atoms with E-state index in [1.165, 1.54) is 0 Å². The van der Waals surface area contributed by atoms with Crippen LogP contribution in [0.1, 0.15) is 58.9 Å².